The molecule has 1 aromatic carbocycles. The molecule has 3 nitrogen and oxygen atoms in total. The second kappa shape index (κ2) is 6.92. The van der Waals surface area contributed by atoms with Crippen LogP contribution in [0.4, 0.5) is 0 Å². The van der Waals surface area contributed by atoms with Crippen molar-refractivity contribution < 1.29 is 9.47 Å². The van der Waals surface area contributed by atoms with Gasteiger partial charge in [0.25, 0.3) is 0 Å². The van der Waals surface area contributed by atoms with Crippen molar-refractivity contribution in [3.05, 3.63) is 29.8 Å². The van der Waals surface area contributed by atoms with Gasteiger partial charge >= 0.3 is 0 Å². The van der Waals surface area contributed by atoms with Gasteiger partial charge in [-0.1, -0.05) is 12.1 Å². The smallest absolute Gasteiger partial charge is 0.119 e. The maximum absolute atomic E-state index is 5.65. The lowest BCUT2D eigenvalue weighted by Gasteiger charge is -2.18. The topological polar surface area (TPSA) is 30.5 Å². The maximum Gasteiger partial charge on any atom is 0.119 e. The first-order valence-corrected chi connectivity index (χ1v) is 7.27. The van der Waals surface area contributed by atoms with Crippen LogP contribution in [0, 0.1) is 0 Å². The van der Waals surface area contributed by atoms with Crippen molar-refractivity contribution >= 4 is 0 Å². The van der Waals surface area contributed by atoms with Gasteiger partial charge in [-0.2, -0.15) is 0 Å². The Morgan fingerprint density at radius 1 is 1.26 bits per heavy atom. The van der Waals surface area contributed by atoms with Gasteiger partial charge in [0.15, 0.2) is 0 Å². The monoisotopic (exact) mass is 263 g/mol. The van der Waals surface area contributed by atoms with Gasteiger partial charge in [0.1, 0.15) is 5.75 Å². The van der Waals surface area contributed by atoms with E-state index < -0.39 is 0 Å². The summed E-state index contributed by atoms with van der Waals surface area (Å²) in [6, 6.07) is 8.69. The molecule has 2 rings (SSSR count). The molecule has 0 radical (unpaired) electrons. The Balaban J connectivity index is 1.82. The van der Waals surface area contributed by atoms with Gasteiger partial charge in [0, 0.05) is 19.2 Å². The lowest BCUT2D eigenvalue weighted by Crippen LogP contribution is -2.28. The molecule has 1 saturated heterocycles. The van der Waals surface area contributed by atoms with E-state index in [4.69, 9.17) is 9.47 Å². The quantitative estimate of drug-likeness (QED) is 0.854. The molecule has 1 aliphatic heterocycles. The van der Waals surface area contributed by atoms with Crippen molar-refractivity contribution in [2.75, 3.05) is 13.2 Å². The van der Waals surface area contributed by atoms with Gasteiger partial charge in [0.05, 0.1) is 12.2 Å². The Kier molecular flexibility index (Phi) is 5.23. The van der Waals surface area contributed by atoms with E-state index in [0.717, 1.165) is 18.9 Å². The summed E-state index contributed by atoms with van der Waals surface area (Å²) in [5.74, 6) is 0.935. The van der Waals surface area contributed by atoms with Gasteiger partial charge in [-0.25, -0.2) is 0 Å². The average Bonchev–Trinajstić information content (AvgIpc) is 2.89. The first-order chi connectivity index (χ1) is 9.15. The number of benzene rings is 1. The molecule has 3 heteroatoms. The fourth-order valence-corrected chi connectivity index (χ4v) is 2.34. The van der Waals surface area contributed by atoms with E-state index in [0.29, 0.717) is 12.1 Å². The zero-order valence-electron chi connectivity index (χ0n) is 12.2. The van der Waals surface area contributed by atoms with E-state index in [9.17, 15) is 0 Å². The van der Waals surface area contributed by atoms with Gasteiger partial charge in [0.2, 0.25) is 0 Å². The molecule has 19 heavy (non-hydrogen) atoms. The van der Waals surface area contributed by atoms with E-state index in [-0.39, 0.29) is 6.10 Å². The zero-order valence-corrected chi connectivity index (χ0v) is 12.2. The third-order valence-corrected chi connectivity index (χ3v) is 3.43. The van der Waals surface area contributed by atoms with Crippen LogP contribution in [0.3, 0.4) is 0 Å². The van der Waals surface area contributed by atoms with E-state index in [1.807, 2.05) is 26.0 Å². The molecule has 2 atom stereocenters. The molecule has 1 aliphatic rings. The van der Waals surface area contributed by atoms with Crippen LogP contribution in [0.15, 0.2) is 24.3 Å². The molecule has 0 saturated carbocycles. The van der Waals surface area contributed by atoms with Crippen molar-refractivity contribution in [2.24, 2.45) is 0 Å². The van der Waals surface area contributed by atoms with Gasteiger partial charge < -0.3 is 14.8 Å². The summed E-state index contributed by atoms with van der Waals surface area (Å²) >= 11 is 0. The van der Waals surface area contributed by atoms with Gasteiger partial charge in [-0.15, -0.1) is 0 Å². The number of hydrogen-bond acceptors (Lipinski definition) is 3. The van der Waals surface area contributed by atoms with Crippen LogP contribution in [0.1, 0.15) is 45.2 Å². The number of ether oxygens (including phenoxy) is 2. The predicted molar refractivity (Wildman–Crippen MR) is 77.6 cm³/mol. The molecule has 1 N–H and O–H groups in total. The summed E-state index contributed by atoms with van der Waals surface area (Å²) in [4.78, 5) is 0. The molecule has 0 bridgehead atoms. The highest BCUT2D eigenvalue weighted by atomic mass is 16.5. The maximum atomic E-state index is 5.65. The Bertz CT molecular complexity index is 369. The van der Waals surface area contributed by atoms with Crippen LogP contribution in [-0.4, -0.2) is 25.4 Å². The van der Waals surface area contributed by atoms with Gasteiger partial charge in [-0.3, -0.25) is 0 Å². The molecule has 106 valence electrons. The lowest BCUT2D eigenvalue weighted by molar-refractivity contribution is 0.108. The molecule has 0 aromatic heterocycles. The summed E-state index contributed by atoms with van der Waals surface area (Å²) in [6.45, 7) is 8.13. The van der Waals surface area contributed by atoms with Crippen molar-refractivity contribution in [2.45, 2.75) is 51.9 Å². The highest BCUT2D eigenvalue weighted by Crippen LogP contribution is 2.19. The summed E-state index contributed by atoms with van der Waals surface area (Å²) in [6.07, 6.45) is 3.00. The zero-order chi connectivity index (χ0) is 13.7. The lowest BCUT2D eigenvalue weighted by atomic mass is 10.1. The van der Waals surface area contributed by atoms with Crippen molar-refractivity contribution in [3.8, 4) is 5.75 Å². The Labute approximate surface area is 116 Å². The van der Waals surface area contributed by atoms with E-state index in [2.05, 4.69) is 24.4 Å². The molecule has 0 unspecified atom stereocenters. The minimum absolute atomic E-state index is 0.223. The van der Waals surface area contributed by atoms with E-state index in [1.165, 1.54) is 18.4 Å². The Hall–Kier alpha value is -1.06. The van der Waals surface area contributed by atoms with Crippen molar-refractivity contribution in [1.82, 2.24) is 5.32 Å². The third kappa shape index (κ3) is 4.51. The molecule has 0 amide bonds. The number of hydrogen-bond donors (Lipinski definition) is 1. The minimum atomic E-state index is 0.223. The van der Waals surface area contributed by atoms with Crippen LogP contribution in [0.2, 0.25) is 0 Å². The first-order valence-electron chi connectivity index (χ1n) is 7.27. The van der Waals surface area contributed by atoms with Crippen LogP contribution in [0.5, 0.6) is 5.75 Å². The highest BCUT2D eigenvalue weighted by Gasteiger charge is 2.16. The fraction of sp³-hybridized carbons (Fsp3) is 0.625. The van der Waals surface area contributed by atoms with Crippen molar-refractivity contribution in [1.29, 1.82) is 0 Å². The molecule has 1 fully saturated rings. The minimum Gasteiger partial charge on any atom is -0.491 e. The summed E-state index contributed by atoms with van der Waals surface area (Å²) in [5.41, 5.74) is 1.29. The number of rotatable bonds is 6. The second-order valence-corrected chi connectivity index (χ2v) is 5.50. The fourth-order valence-electron chi connectivity index (χ4n) is 2.34. The van der Waals surface area contributed by atoms with Gasteiger partial charge in [-0.05, 0) is 51.3 Å². The molecule has 1 aromatic rings. The van der Waals surface area contributed by atoms with E-state index in [1.54, 1.807) is 0 Å². The first kappa shape index (κ1) is 14.4. The second-order valence-electron chi connectivity index (χ2n) is 5.50. The molecular formula is C16H25NO2. The molecule has 0 aliphatic carbocycles. The molecule has 1 heterocycles. The predicted octanol–water partition coefficient (Wildman–Crippen LogP) is 3.30. The van der Waals surface area contributed by atoms with Crippen molar-refractivity contribution in [3.63, 3.8) is 0 Å². The van der Waals surface area contributed by atoms with E-state index >= 15 is 0 Å². The van der Waals surface area contributed by atoms with Crippen LogP contribution < -0.4 is 10.1 Å². The Morgan fingerprint density at radius 2 is 2.00 bits per heavy atom. The van der Waals surface area contributed by atoms with Crippen LogP contribution in [0.25, 0.3) is 0 Å². The normalized spacial score (nSPS) is 20.7. The van der Waals surface area contributed by atoms with Crippen LogP contribution in [-0.2, 0) is 4.74 Å². The molecule has 0 spiro atoms. The summed E-state index contributed by atoms with van der Waals surface area (Å²) in [5, 5.41) is 3.54. The summed E-state index contributed by atoms with van der Waals surface area (Å²) in [7, 11) is 0. The largest absolute Gasteiger partial charge is 0.491 e. The SMILES string of the molecule is CC(C)Oc1ccc([C@@H](C)NC[C@@H]2CCCO2)cc1. The van der Waals surface area contributed by atoms with Crippen LogP contribution >= 0.6 is 0 Å². The third-order valence-electron chi connectivity index (χ3n) is 3.43. The standard InChI is InChI=1S/C16H25NO2/c1-12(2)19-15-8-6-14(7-9-15)13(3)17-11-16-5-4-10-18-16/h6-9,12-13,16-17H,4-5,10-11H2,1-3H3/t13-,16+/m1/s1. The Morgan fingerprint density at radius 3 is 2.58 bits per heavy atom. The highest BCUT2D eigenvalue weighted by molar-refractivity contribution is 5.29. The molecular weight excluding hydrogens is 238 g/mol. The number of nitrogens with one attached hydrogen (secondary N) is 1. The average molecular weight is 263 g/mol. The summed E-state index contributed by atoms with van der Waals surface area (Å²) < 4.78 is 11.3.